The normalized spacial score (nSPS) is 13.1. The predicted molar refractivity (Wildman–Crippen MR) is 263 cm³/mol. The van der Waals surface area contributed by atoms with Crippen LogP contribution >= 0.6 is 0 Å². The fraction of sp³-hybridized carbons (Fsp3) is 0.0164. The molecule has 0 N–H and O–H groups in total. The smallest absolute Gasteiger partial charge is 0.143 e. The van der Waals surface area contributed by atoms with Crippen LogP contribution in [0.1, 0.15) is 22.3 Å². The summed E-state index contributed by atoms with van der Waals surface area (Å²) in [6.45, 7) is 0. The molecule has 2 aliphatic carbocycles. The fourth-order valence-corrected chi connectivity index (χ4v) is 11.3. The summed E-state index contributed by atoms with van der Waals surface area (Å²) in [6.07, 6.45) is 0. The molecule has 0 saturated carbocycles. The SMILES string of the molecule is c1ccc2c(c1)-c1ccccc1C21c2ccccc2-c2c(N(c3ccc(-c4cccc5c4oc4ccccc45)cc3)c3ccc(-c4cccc5c4oc4ccccc45)cc3)cccc21. The first-order valence-corrected chi connectivity index (χ1v) is 22.0. The van der Waals surface area contributed by atoms with Crippen LogP contribution in [0.2, 0.25) is 0 Å². The number of fused-ring (bicyclic) bond motifs is 16. The number of furan rings is 2. The molecule has 0 fully saturated rings. The standard InChI is InChI=1S/C61H37NO2/c1-6-23-51-44(14-1)45-15-2-7-24-52(45)61(51)53-25-8-3-18-50(53)58-54(61)26-13-27-55(58)62(40-34-30-38(31-35-40)42-19-11-21-48-46-16-4-9-28-56(46)63-59(42)48)41-36-32-39(33-37-41)43-20-12-22-49-47-17-5-10-29-57(47)64-60(43)49/h1-37H. The molecule has 10 aromatic carbocycles. The Morgan fingerprint density at radius 3 is 1.22 bits per heavy atom. The molecular weight excluding hydrogens is 779 g/mol. The van der Waals surface area contributed by atoms with Crippen molar-refractivity contribution in [2.24, 2.45) is 0 Å². The molecule has 1 spiro atoms. The summed E-state index contributed by atoms with van der Waals surface area (Å²) in [7, 11) is 0. The lowest BCUT2D eigenvalue weighted by Crippen LogP contribution is -2.26. The summed E-state index contributed by atoms with van der Waals surface area (Å²) < 4.78 is 13.0. The van der Waals surface area contributed by atoms with Crippen molar-refractivity contribution in [1.82, 2.24) is 0 Å². The van der Waals surface area contributed by atoms with Gasteiger partial charge in [-0.2, -0.15) is 0 Å². The Balaban J connectivity index is 0.976. The number of para-hydroxylation sites is 4. The van der Waals surface area contributed by atoms with E-state index >= 15 is 0 Å². The lowest BCUT2D eigenvalue weighted by molar-refractivity contribution is 0.669. The second-order valence-electron chi connectivity index (χ2n) is 17.1. The topological polar surface area (TPSA) is 29.5 Å². The van der Waals surface area contributed by atoms with Crippen LogP contribution in [-0.2, 0) is 5.41 Å². The van der Waals surface area contributed by atoms with Gasteiger partial charge in [-0.15, -0.1) is 0 Å². The zero-order valence-corrected chi connectivity index (χ0v) is 34.6. The van der Waals surface area contributed by atoms with Crippen molar-refractivity contribution in [3.63, 3.8) is 0 Å². The van der Waals surface area contributed by atoms with E-state index in [9.17, 15) is 0 Å². The van der Waals surface area contributed by atoms with Crippen LogP contribution in [0.5, 0.6) is 0 Å². The molecule has 64 heavy (non-hydrogen) atoms. The molecule has 298 valence electrons. The Bertz CT molecular complexity index is 3650. The molecule has 2 aliphatic rings. The van der Waals surface area contributed by atoms with Crippen LogP contribution in [0.25, 0.3) is 88.4 Å². The van der Waals surface area contributed by atoms with E-state index in [0.29, 0.717) is 0 Å². The van der Waals surface area contributed by atoms with E-state index in [1.54, 1.807) is 0 Å². The van der Waals surface area contributed by atoms with Gasteiger partial charge in [-0.1, -0.05) is 182 Å². The monoisotopic (exact) mass is 815 g/mol. The van der Waals surface area contributed by atoms with Gasteiger partial charge in [0.25, 0.3) is 0 Å². The van der Waals surface area contributed by atoms with E-state index < -0.39 is 5.41 Å². The number of nitrogens with zero attached hydrogens (tertiary/aromatic N) is 1. The highest BCUT2D eigenvalue weighted by Crippen LogP contribution is 2.64. The first-order chi connectivity index (χ1) is 31.8. The number of anilines is 3. The van der Waals surface area contributed by atoms with Gasteiger partial charge in [0.05, 0.1) is 11.1 Å². The van der Waals surface area contributed by atoms with Gasteiger partial charge in [0.1, 0.15) is 22.3 Å². The molecular formula is C61H37NO2. The van der Waals surface area contributed by atoms with Gasteiger partial charge in [0.15, 0.2) is 0 Å². The first-order valence-electron chi connectivity index (χ1n) is 22.0. The van der Waals surface area contributed by atoms with Gasteiger partial charge in [-0.25, -0.2) is 0 Å². The van der Waals surface area contributed by atoms with E-state index in [2.05, 4.69) is 205 Å². The van der Waals surface area contributed by atoms with Crippen LogP contribution < -0.4 is 4.90 Å². The summed E-state index contributed by atoms with van der Waals surface area (Å²) in [5, 5.41) is 4.51. The minimum Gasteiger partial charge on any atom is -0.455 e. The minimum absolute atomic E-state index is 0.453. The van der Waals surface area contributed by atoms with Crippen LogP contribution in [0, 0.1) is 0 Å². The van der Waals surface area contributed by atoms with Crippen LogP contribution in [0.3, 0.4) is 0 Å². The van der Waals surface area contributed by atoms with Crippen LogP contribution in [-0.4, -0.2) is 0 Å². The molecule has 0 atom stereocenters. The lowest BCUT2D eigenvalue weighted by atomic mass is 9.70. The molecule has 0 bridgehead atoms. The zero-order valence-electron chi connectivity index (χ0n) is 34.6. The minimum atomic E-state index is -0.453. The highest BCUT2D eigenvalue weighted by Gasteiger charge is 2.52. The van der Waals surface area contributed by atoms with Gasteiger partial charge in [-0.3, -0.25) is 0 Å². The number of hydrogen-bond acceptors (Lipinski definition) is 3. The second-order valence-corrected chi connectivity index (χ2v) is 17.1. The van der Waals surface area contributed by atoms with Crippen molar-refractivity contribution < 1.29 is 8.83 Å². The third-order valence-corrected chi connectivity index (χ3v) is 13.9. The van der Waals surface area contributed by atoms with Gasteiger partial charge in [0.2, 0.25) is 0 Å². The molecule has 12 aromatic rings. The lowest BCUT2D eigenvalue weighted by Gasteiger charge is -2.32. The maximum atomic E-state index is 6.51. The van der Waals surface area contributed by atoms with Gasteiger partial charge >= 0.3 is 0 Å². The average molecular weight is 816 g/mol. The van der Waals surface area contributed by atoms with Gasteiger partial charge in [0, 0.05) is 49.6 Å². The largest absolute Gasteiger partial charge is 0.455 e. The molecule has 0 amide bonds. The molecule has 3 nitrogen and oxygen atoms in total. The summed E-state index contributed by atoms with van der Waals surface area (Å²) in [6, 6.07) is 81.5. The van der Waals surface area contributed by atoms with Crippen molar-refractivity contribution in [1.29, 1.82) is 0 Å². The fourth-order valence-electron chi connectivity index (χ4n) is 11.3. The maximum absolute atomic E-state index is 6.51. The quantitative estimate of drug-likeness (QED) is 0.173. The highest BCUT2D eigenvalue weighted by atomic mass is 16.3. The van der Waals surface area contributed by atoms with Gasteiger partial charge < -0.3 is 13.7 Å². The molecule has 14 rings (SSSR count). The molecule has 0 unspecified atom stereocenters. The first kappa shape index (κ1) is 35.2. The molecule has 2 aromatic heterocycles. The predicted octanol–water partition coefficient (Wildman–Crippen LogP) is 16.6. The number of rotatable bonds is 5. The van der Waals surface area contributed by atoms with E-state index in [-0.39, 0.29) is 0 Å². The molecule has 0 aliphatic heterocycles. The van der Waals surface area contributed by atoms with E-state index in [4.69, 9.17) is 8.83 Å². The Morgan fingerprint density at radius 1 is 0.297 bits per heavy atom. The average Bonchev–Trinajstić information content (AvgIpc) is 4.10. The summed E-state index contributed by atoms with van der Waals surface area (Å²) in [5.74, 6) is 0. The van der Waals surface area contributed by atoms with Crippen molar-refractivity contribution in [3.8, 4) is 44.5 Å². The Kier molecular flexibility index (Phi) is 7.32. The number of hydrogen-bond donors (Lipinski definition) is 0. The highest BCUT2D eigenvalue weighted by molar-refractivity contribution is 6.11. The Hall–Kier alpha value is -8.40. The van der Waals surface area contributed by atoms with Gasteiger partial charge in [-0.05, 0) is 92.5 Å². The Morgan fingerprint density at radius 2 is 0.688 bits per heavy atom. The van der Waals surface area contributed by atoms with E-state index in [1.165, 1.54) is 44.5 Å². The summed E-state index contributed by atoms with van der Waals surface area (Å²) >= 11 is 0. The third kappa shape index (κ3) is 4.76. The van der Waals surface area contributed by atoms with Crippen molar-refractivity contribution in [2.45, 2.75) is 5.41 Å². The van der Waals surface area contributed by atoms with Crippen molar-refractivity contribution in [2.75, 3.05) is 4.90 Å². The van der Waals surface area contributed by atoms with Crippen molar-refractivity contribution in [3.05, 3.63) is 247 Å². The van der Waals surface area contributed by atoms with E-state index in [1.807, 2.05) is 24.3 Å². The van der Waals surface area contributed by atoms with Crippen LogP contribution in [0.15, 0.2) is 233 Å². The zero-order chi connectivity index (χ0) is 41.9. The summed E-state index contributed by atoms with van der Waals surface area (Å²) in [5.41, 5.74) is 21.1. The summed E-state index contributed by atoms with van der Waals surface area (Å²) in [4.78, 5) is 2.44. The third-order valence-electron chi connectivity index (χ3n) is 13.9. The molecule has 0 radical (unpaired) electrons. The molecule has 0 saturated heterocycles. The van der Waals surface area contributed by atoms with E-state index in [0.717, 1.165) is 83.2 Å². The molecule has 3 heteroatoms. The number of benzene rings is 10. The van der Waals surface area contributed by atoms with Crippen molar-refractivity contribution >= 4 is 60.9 Å². The molecule has 2 heterocycles. The van der Waals surface area contributed by atoms with Crippen LogP contribution in [0.4, 0.5) is 17.1 Å². The Labute approximate surface area is 369 Å². The second kappa shape index (κ2) is 13.3. The maximum Gasteiger partial charge on any atom is 0.143 e.